The van der Waals surface area contributed by atoms with Gasteiger partial charge in [-0.3, -0.25) is 0 Å². The summed E-state index contributed by atoms with van der Waals surface area (Å²) in [6, 6.07) is 0.448. The van der Waals surface area contributed by atoms with E-state index in [1.165, 1.54) is 5.69 Å². The van der Waals surface area contributed by atoms with Gasteiger partial charge in [0, 0.05) is 19.5 Å². The van der Waals surface area contributed by atoms with Crippen molar-refractivity contribution < 1.29 is 0 Å². The summed E-state index contributed by atoms with van der Waals surface area (Å²) in [6.07, 6.45) is 1.05. The maximum Gasteiger partial charge on any atom is 0.0997 e. The van der Waals surface area contributed by atoms with E-state index in [1.54, 1.807) is 0 Å². The molecule has 1 atom stereocenters. The van der Waals surface area contributed by atoms with Gasteiger partial charge in [0.2, 0.25) is 0 Å². The molecule has 1 unspecified atom stereocenters. The van der Waals surface area contributed by atoms with Crippen molar-refractivity contribution >= 4 is 0 Å². The van der Waals surface area contributed by atoms with Crippen molar-refractivity contribution in [2.75, 3.05) is 6.54 Å². The van der Waals surface area contributed by atoms with E-state index >= 15 is 0 Å². The largest absolute Gasteiger partial charge is 0.311 e. The molecule has 0 bridgehead atoms. The number of nitrogens with zero attached hydrogens (tertiary/aromatic N) is 3. The standard InChI is InChI=1S/C10H18N4/c1-7(2)8(3)14-10-4-5-11-6-9(10)12-13-14/h7-8,11H,4-6H2,1-3H3. The Bertz CT molecular complexity index is 316. The molecule has 0 fully saturated rings. The van der Waals surface area contributed by atoms with Gasteiger partial charge in [0.05, 0.1) is 17.4 Å². The van der Waals surface area contributed by atoms with Crippen LogP contribution in [0.3, 0.4) is 0 Å². The lowest BCUT2D eigenvalue weighted by Gasteiger charge is -2.20. The number of hydrogen-bond donors (Lipinski definition) is 1. The Balaban J connectivity index is 2.30. The lowest BCUT2D eigenvalue weighted by molar-refractivity contribution is 0.356. The topological polar surface area (TPSA) is 42.7 Å². The second kappa shape index (κ2) is 3.69. The predicted molar refractivity (Wildman–Crippen MR) is 55.0 cm³/mol. The van der Waals surface area contributed by atoms with Crippen LogP contribution in [0.15, 0.2) is 0 Å². The van der Waals surface area contributed by atoms with Crippen LogP contribution in [0, 0.1) is 5.92 Å². The molecule has 0 saturated heterocycles. The molecule has 2 heterocycles. The van der Waals surface area contributed by atoms with Gasteiger partial charge in [0.1, 0.15) is 0 Å². The lowest BCUT2D eigenvalue weighted by atomic mass is 10.1. The number of rotatable bonds is 2. The molecule has 1 aliphatic rings. The van der Waals surface area contributed by atoms with Gasteiger partial charge in [-0.15, -0.1) is 5.10 Å². The van der Waals surface area contributed by atoms with Crippen LogP contribution in [0.5, 0.6) is 0 Å². The average molecular weight is 194 g/mol. The minimum absolute atomic E-state index is 0.448. The third-order valence-electron chi connectivity index (χ3n) is 3.05. The van der Waals surface area contributed by atoms with Crippen LogP contribution in [0.2, 0.25) is 0 Å². The maximum atomic E-state index is 4.25. The van der Waals surface area contributed by atoms with E-state index < -0.39 is 0 Å². The monoisotopic (exact) mass is 194 g/mol. The quantitative estimate of drug-likeness (QED) is 0.767. The highest BCUT2D eigenvalue weighted by Gasteiger charge is 2.20. The minimum atomic E-state index is 0.448. The Hall–Kier alpha value is -0.900. The Labute approximate surface area is 84.7 Å². The van der Waals surface area contributed by atoms with Gasteiger partial charge in [-0.1, -0.05) is 19.1 Å². The van der Waals surface area contributed by atoms with E-state index in [9.17, 15) is 0 Å². The fourth-order valence-electron chi connectivity index (χ4n) is 1.77. The van der Waals surface area contributed by atoms with Crippen molar-refractivity contribution in [3.63, 3.8) is 0 Å². The van der Waals surface area contributed by atoms with E-state index in [2.05, 4.69) is 41.1 Å². The van der Waals surface area contributed by atoms with E-state index in [0.29, 0.717) is 12.0 Å². The molecule has 1 aromatic rings. The van der Waals surface area contributed by atoms with Crippen molar-refractivity contribution in [1.29, 1.82) is 0 Å². The first-order valence-electron chi connectivity index (χ1n) is 5.34. The van der Waals surface area contributed by atoms with Gasteiger partial charge in [0.25, 0.3) is 0 Å². The van der Waals surface area contributed by atoms with Crippen LogP contribution in [0.1, 0.15) is 38.2 Å². The highest BCUT2D eigenvalue weighted by molar-refractivity contribution is 5.14. The fraction of sp³-hybridized carbons (Fsp3) is 0.800. The second-order valence-electron chi connectivity index (χ2n) is 4.34. The maximum absolute atomic E-state index is 4.25. The van der Waals surface area contributed by atoms with E-state index in [1.807, 2.05) is 0 Å². The number of fused-ring (bicyclic) bond motifs is 1. The summed E-state index contributed by atoms with van der Waals surface area (Å²) >= 11 is 0. The smallest absolute Gasteiger partial charge is 0.0997 e. The molecule has 1 aromatic heterocycles. The van der Waals surface area contributed by atoms with Crippen molar-refractivity contribution in [3.05, 3.63) is 11.4 Å². The van der Waals surface area contributed by atoms with Crippen LogP contribution >= 0.6 is 0 Å². The van der Waals surface area contributed by atoms with E-state index in [4.69, 9.17) is 0 Å². The minimum Gasteiger partial charge on any atom is -0.311 e. The zero-order chi connectivity index (χ0) is 10.1. The van der Waals surface area contributed by atoms with E-state index in [0.717, 1.165) is 25.2 Å². The van der Waals surface area contributed by atoms with Crippen LogP contribution in [-0.2, 0) is 13.0 Å². The molecule has 0 aliphatic carbocycles. The molecule has 0 aromatic carbocycles. The Morgan fingerprint density at radius 1 is 1.36 bits per heavy atom. The lowest BCUT2D eigenvalue weighted by Crippen LogP contribution is -2.26. The molecule has 0 spiro atoms. The summed E-state index contributed by atoms with van der Waals surface area (Å²) < 4.78 is 2.10. The summed E-state index contributed by atoms with van der Waals surface area (Å²) in [5.74, 6) is 0.607. The highest BCUT2D eigenvalue weighted by atomic mass is 15.4. The van der Waals surface area contributed by atoms with Crippen LogP contribution in [0.25, 0.3) is 0 Å². The number of nitrogens with one attached hydrogen (secondary N) is 1. The van der Waals surface area contributed by atoms with Crippen molar-refractivity contribution in [3.8, 4) is 0 Å². The third-order valence-corrected chi connectivity index (χ3v) is 3.05. The molecule has 0 saturated carbocycles. The van der Waals surface area contributed by atoms with Crippen LogP contribution in [-0.4, -0.2) is 21.5 Å². The molecule has 14 heavy (non-hydrogen) atoms. The molecular weight excluding hydrogens is 176 g/mol. The molecule has 78 valence electrons. The SMILES string of the molecule is CC(C)C(C)n1nnc2c1CCNC2. The van der Waals surface area contributed by atoms with Crippen LogP contribution in [0.4, 0.5) is 0 Å². The van der Waals surface area contributed by atoms with Gasteiger partial charge in [0.15, 0.2) is 0 Å². The van der Waals surface area contributed by atoms with Gasteiger partial charge in [-0.25, -0.2) is 4.68 Å². The summed E-state index contributed by atoms with van der Waals surface area (Å²) in [5.41, 5.74) is 2.45. The van der Waals surface area contributed by atoms with Crippen LogP contribution < -0.4 is 5.32 Å². The highest BCUT2D eigenvalue weighted by Crippen LogP contribution is 2.20. The molecule has 1 N–H and O–H groups in total. The Morgan fingerprint density at radius 2 is 2.14 bits per heavy atom. The van der Waals surface area contributed by atoms with Crippen molar-refractivity contribution in [2.45, 2.75) is 39.8 Å². The Morgan fingerprint density at radius 3 is 2.86 bits per heavy atom. The van der Waals surface area contributed by atoms with E-state index in [-0.39, 0.29) is 0 Å². The number of hydrogen-bond acceptors (Lipinski definition) is 3. The molecule has 0 amide bonds. The number of aromatic nitrogens is 3. The summed E-state index contributed by atoms with van der Waals surface area (Å²) in [4.78, 5) is 0. The zero-order valence-corrected chi connectivity index (χ0v) is 9.12. The van der Waals surface area contributed by atoms with Gasteiger partial charge in [-0.2, -0.15) is 0 Å². The molecule has 1 aliphatic heterocycles. The zero-order valence-electron chi connectivity index (χ0n) is 9.12. The van der Waals surface area contributed by atoms with Gasteiger partial charge < -0.3 is 5.32 Å². The predicted octanol–water partition coefficient (Wildman–Crippen LogP) is 1.14. The van der Waals surface area contributed by atoms with Gasteiger partial charge in [-0.05, 0) is 12.8 Å². The van der Waals surface area contributed by atoms with Gasteiger partial charge >= 0.3 is 0 Å². The third kappa shape index (κ3) is 1.54. The van der Waals surface area contributed by atoms with Crippen molar-refractivity contribution in [1.82, 2.24) is 20.3 Å². The fourth-order valence-corrected chi connectivity index (χ4v) is 1.77. The molecule has 4 nitrogen and oxygen atoms in total. The summed E-state index contributed by atoms with van der Waals surface area (Å²) in [5, 5.41) is 11.8. The molecule has 0 radical (unpaired) electrons. The molecular formula is C10H18N4. The molecule has 4 heteroatoms. The average Bonchev–Trinajstić information content (AvgIpc) is 2.60. The Kier molecular flexibility index (Phi) is 2.54. The summed E-state index contributed by atoms with van der Waals surface area (Å²) in [7, 11) is 0. The second-order valence-corrected chi connectivity index (χ2v) is 4.34. The summed E-state index contributed by atoms with van der Waals surface area (Å²) in [6.45, 7) is 8.58. The first kappa shape index (κ1) is 9.65. The van der Waals surface area contributed by atoms with Crippen molar-refractivity contribution in [2.24, 2.45) is 5.92 Å². The first-order chi connectivity index (χ1) is 6.70. The first-order valence-corrected chi connectivity index (χ1v) is 5.34. The molecule has 2 rings (SSSR count). The normalized spacial score (nSPS) is 18.3.